The molecule has 0 unspecified atom stereocenters. The van der Waals surface area contributed by atoms with Crippen molar-refractivity contribution < 1.29 is 9.59 Å². The minimum atomic E-state index is -0.338. The Kier molecular flexibility index (Phi) is 6.33. The fourth-order valence-corrected chi connectivity index (χ4v) is 3.78. The molecule has 2 rings (SSSR count). The van der Waals surface area contributed by atoms with Crippen LogP contribution in [-0.2, 0) is 5.41 Å². The van der Waals surface area contributed by atoms with Crippen molar-refractivity contribution in [3.8, 4) is 0 Å². The van der Waals surface area contributed by atoms with Crippen molar-refractivity contribution in [3.05, 3.63) is 35.4 Å². The largest absolute Gasteiger partial charge is 0.334 e. The molecule has 5 heteroatoms. The van der Waals surface area contributed by atoms with Gasteiger partial charge in [0.15, 0.2) is 0 Å². The zero-order valence-electron chi connectivity index (χ0n) is 15.1. The molecule has 0 saturated heterocycles. The lowest BCUT2D eigenvalue weighted by atomic mass is 9.87. The van der Waals surface area contributed by atoms with E-state index in [2.05, 4.69) is 26.1 Å². The predicted molar refractivity (Wildman–Crippen MR) is 100 cm³/mol. The fraction of sp³-hybridized carbons (Fsp3) is 0.579. The third kappa shape index (κ3) is 4.76. The van der Waals surface area contributed by atoms with Crippen LogP contribution in [0.4, 0.5) is 4.79 Å². The number of carbonyl (C=O) groups excluding carboxylic acids is 2. The van der Waals surface area contributed by atoms with Crippen LogP contribution < -0.4 is 5.32 Å². The van der Waals surface area contributed by atoms with E-state index in [0.717, 1.165) is 25.7 Å². The lowest BCUT2D eigenvalue weighted by molar-refractivity contribution is 0.0956. The molecule has 24 heavy (non-hydrogen) atoms. The van der Waals surface area contributed by atoms with Gasteiger partial charge in [-0.25, -0.2) is 4.79 Å². The molecule has 0 atom stereocenters. The number of hydrogen-bond donors (Lipinski definition) is 1. The number of nitrogens with zero attached hydrogens (tertiary/aromatic N) is 1. The lowest BCUT2D eigenvalue weighted by Crippen LogP contribution is -2.44. The van der Waals surface area contributed by atoms with Crippen molar-refractivity contribution in [3.63, 3.8) is 0 Å². The minimum absolute atomic E-state index is 0.0431. The van der Waals surface area contributed by atoms with Gasteiger partial charge in [-0.3, -0.25) is 14.4 Å². The van der Waals surface area contributed by atoms with Crippen LogP contribution in [0.25, 0.3) is 0 Å². The molecule has 1 aromatic rings. The zero-order valence-corrected chi connectivity index (χ0v) is 15.9. The third-order valence-corrected chi connectivity index (χ3v) is 5.39. The summed E-state index contributed by atoms with van der Waals surface area (Å²) in [6.07, 6.45) is 7.45. The van der Waals surface area contributed by atoms with Crippen molar-refractivity contribution in [2.24, 2.45) is 0 Å². The molecule has 0 aromatic heterocycles. The number of benzene rings is 1. The number of amides is 3. The van der Waals surface area contributed by atoms with Crippen LogP contribution in [0.5, 0.6) is 0 Å². The summed E-state index contributed by atoms with van der Waals surface area (Å²) in [7, 11) is 0. The molecule has 3 amide bonds. The molecule has 0 aliphatic heterocycles. The van der Waals surface area contributed by atoms with E-state index in [1.165, 1.54) is 23.9 Å². The summed E-state index contributed by atoms with van der Waals surface area (Å²) in [5.41, 5.74) is 1.72. The molecule has 1 aromatic carbocycles. The molecule has 1 fully saturated rings. The first kappa shape index (κ1) is 18.8. The minimum Gasteiger partial charge on any atom is -0.273 e. The van der Waals surface area contributed by atoms with E-state index >= 15 is 0 Å². The first-order chi connectivity index (χ1) is 11.3. The number of imide groups is 1. The summed E-state index contributed by atoms with van der Waals surface area (Å²) in [6, 6.07) is 7.39. The first-order valence-electron chi connectivity index (χ1n) is 8.62. The monoisotopic (exact) mass is 348 g/mol. The molecular weight excluding hydrogens is 320 g/mol. The highest BCUT2D eigenvalue weighted by Gasteiger charge is 2.26. The molecule has 0 bridgehead atoms. The Morgan fingerprint density at radius 1 is 1.08 bits per heavy atom. The average Bonchev–Trinajstić information content (AvgIpc) is 2.56. The van der Waals surface area contributed by atoms with Gasteiger partial charge in [0.2, 0.25) is 0 Å². The number of carbonyl (C=O) groups is 2. The Balaban J connectivity index is 2.00. The Bertz CT molecular complexity index is 572. The van der Waals surface area contributed by atoms with Gasteiger partial charge in [-0.05, 0) is 47.9 Å². The summed E-state index contributed by atoms with van der Waals surface area (Å²) >= 11 is 1.40. The Morgan fingerprint density at radius 3 is 2.17 bits per heavy atom. The zero-order chi connectivity index (χ0) is 17.7. The van der Waals surface area contributed by atoms with Crippen LogP contribution in [0.3, 0.4) is 0 Å². The van der Waals surface area contributed by atoms with Crippen molar-refractivity contribution >= 4 is 23.9 Å². The molecule has 1 saturated carbocycles. The van der Waals surface area contributed by atoms with Gasteiger partial charge < -0.3 is 0 Å². The average molecular weight is 349 g/mol. The molecular formula is C19H28N2O2S. The summed E-state index contributed by atoms with van der Waals surface area (Å²) < 4.78 is 1.72. The summed E-state index contributed by atoms with van der Waals surface area (Å²) in [6.45, 7) is 6.39. The topological polar surface area (TPSA) is 49.4 Å². The highest BCUT2D eigenvalue weighted by Crippen LogP contribution is 2.26. The van der Waals surface area contributed by atoms with E-state index in [4.69, 9.17) is 0 Å². The highest BCUT2D eigenvalue weighted by molar-refractivity contribution is 7.96. The first-order valence-corrected chi connectivity index (χ1v) is 9.80. The number of hydrogen-bond acceptors (Lipinski definition) is 3. The standard InChI is InChI=1S/C19H28N2O2S/c1-19(2,3)15-12-10-14(11-13-15)17(22)20-18(23)21(24-4)16-8-6-5-7-9-16/h10-13,16H,5-9H2,1-4H3,(H,20,22,23). The van der Waals surface area contributed by atoms with E-state index < -0.39 is 0 Å². The van der Waals surface area contributed by atoms with Crippen LogP contribution in [0.1, 0.15) is 68.8 Å². The van der Waals surface area contributed by atoms with Crippen LogP contribution in [-0.4, -0.2) is 28.5 Å². The SMILES string of the molecule is CSN(C(=O)NC(=O)c1ccc(C(C)(C)C)cc1)C1CCCCC1. The van der Waals surface area contributed by atoms with Crippen LogP contribution in [0.2, 0.25) is 0 Å². The second-order valence-corrected chi connectivity index (χ2v) is 8.15. The van der Waals surface area contributed by atoms with E-state index in [1.807, 2.05) is 18.4 Å². The predicted octanol–water partition coefficient (Wildman–Crippen LogP) is 4.75. The van der Waals surface area contributed by atoms with Gasteiger partial charge in [-0.1, -0.05) is 52.2 Å². The maximum Gasteiger partial charge on any atom is 0.334 e. The molecule has 1 N–H and O–H groups in total. The number of urea groups is 1. The van der Waals surface area contributed by atoms with E-state index in [-0.39, 0.29) is 23.4 Å². The summed E-state index contributed by atoms with van der Waals surface area (Å²) in [4.78, 5) is 24.8. The van der Waals surface area contributed by atoms with Gasteiger partial charge in [0.05, 0.1) is 0 Å². The molecule has 132 valence electrons. The molecule has 0 spiro atoms. The molecule has 0 radical (unpaired) electrons. The van der Waals surface area contributed by atoms with Gasteiger partial charge in [0.1, 0.15) is 0 Å². The van der Waals surface area contributed by atoms with Crippen molar-refractivity contribution in [2.45, 2.75) is 64.3 Å². The van der Waals surface area contributed by atoms with Gasteiger partial charge in [-0.2, -0.15) is 0 Å². The summed E-state index contributed by atoms with van der Waals surface area (Å²) in [5.74, 6) is -0.338. The van der Waals surface area contributed by atoms with Crippen LogP contribution >= 0.6 is 11.9 Å². The third-order valence-electron chi connectivity index (χ3n) is 4.54. The van der Waals surface area contributed by atoms with E-state index in [9.17, 15) is 9.59 Å². The van der Waals surface area contributed by atoms with Crippen LogP contribution in [0, 0.1) is 0 Å². The van der Waals surface area contributed by atoms with Crippen LogP contribution in [0.15, 0.2) is 24.3 Å². The van der Waals surface area contributed by atoms with Crippen molar-refractivity contribution in [1.82, 2.24) is 9.62 Å². The Morgan fingerprint density at radius 2 is 1.67 bits per heavy atom. The number of nitrogens with one attached hydrogen (secondary N) is 1. The Hall–Kier alpha value is -1.49. The number of rotatable bonds is 3. The van der Waals surface area contributed by atoms with Gasteiger partial charge >= 0.3 is 6.03 Å². The molecule has 1 aliphatic rings. The summed E-state index contributed by atoms with van der Waals surface area (Å²) in [5, 5.41) is 2.53. The molecule has 1 aliphatic carbocycles. The van der Waals surface area contributed by atoms with Gasteiger partial charge in [0, 0.05) is 17.9 Å². The van der Waals surface area contributed by atoms with Crippen molar-refractivity contribution in [2.75, 3.05) is 6.26 Å². The smallest absolute Gasteiger partial charge is 0.273 e. The normalized spacial score (nSPS) is 15.8. The van der Waals surface area contributed by atoms with Crippen molar-refractivity contribution in [1.29, 1.82) is 0 Å². The van der Waals surface area contributed by atoms with E-state index in [0.29, 0.717) is 5.56 Å². The Labute approximate surface area is 149 Å². The molecule has 4 nitrogen and oxygen atoms in total. The quantitative estimate of drug-likeness (QED) is 0.802. The second kappa shape index (κ2) is 8.06. The molecule has 0 heterocycles. The maximum absolute atomic E-state index is 12.5. The lowest BCUT2D eigenvalue weighted by Gasteiger charge is -2.32. The highest BCUT2D eigenvalue weighted by atomic mass is 32.2. The van der Waals surface area contributed by atoms with E-state index in [1.54, 1.807) is 16.4 Å². The maximum atomic E-state index is 12.5. The van der Waals surface area contributed by atoms with Gasteiger partial charge in [0.25, 0.3) is 5.91 Å². The second-order valence-electron chi connectivity index (χ2n) is 7.39. The van der Waals surface area contributed by atoms with Gasteiger partial charge in [-0.15, -0.1) is 0 Å². The fourth-order valence-electron chi connectivity index (χ4n) is 3.06.